The Bertz CT molecular complexity index is 1240. The summed E-state index contributed by atoms with van der Waals surface area (Å²) in [7, 11) is 0. The van der Waals surface area contributed by atoms with Gasteiger partial charge in [0.15, 0.2) is 0 Å². The lowest BCUT2D eigenvalue weighted by molar-refractivity contribution is -0.0489. The largest absolute Gasteiger partial charge is 0.370 e. The minimum absolute atomic E-state index is 0.141. The molecule has 176 valence electrons. The van der Waals surface area contributed by atoms with Crippen LogP contribution in [0.1, 0.15) is 42.6 Å². The van der Waals surface area contributed by atoms with Crippen molar-refractivity contribution in [1.29, 1.82) is 5.26 Å². The first kappa shape index (κ1) is 21.5. The maximum absolute atomic E-state index is 9.48. The summed E-state index contributed by atoms with van der Waals surface area (Å²) in [5.74, 6) is 0.484. The molecule has 0 amide bonds. The number of rotatable bonds is 4. The molecule has 34 heavy (non-hydrogen) atoms. The summed E-state index contributed by atoms with van der Waals surface area (Å²) in [6, 6.07) is 10.7. The van der Waals surface area contributed by atoms with Gasteiger partial charge in [-0.25, -0.2) is 0 Å². The third-order valence-corrected chi connectivity index (χ3v) is 7.38. The Balaban J connectivity index is 1.13. The molecule has 3 atom stereocenters. The summed E-state index contributed by atoms with van der Waals surface area (Å²) in [4.78, 5) is 9.36. The van der Waals surface area contributed by atoms with Crippen LogP contribution in [0.25, 0.3) is 10.9 Å². The van der Waals surface area contributed by atoms with E-state index in [4.69, 9.17) is 9.84 Å². The van der Waals surface area contributed by atoms with Crippen LogP contribution in [-0.4, -0.2) is 71.1 Å². The van der Waals surface area contributed by atoms with Crippen LogP contribution < -0.4 is 10.2 Å². The average Bonchev–Trinajstić information content (AvgIpc) is 3.25. The fourth-order valence-corrected chi connectivity index (χ4v) is 5.71. The quantitative estimate of drug-likeness (QED) is 0.645. The zero-order chi connectivity index (χ0) is 23.2. The highest BCUT2D eigenvalue weighted by atomic mass is 16.5. The monoisotopic (exact) mass is 457 g/mol. The number of nitrogens with one attached hydrogen (secondary N) is 1. The van der Waals surface area contributed by atoms with Crippen LogP contribution >= 0.6 is 0 Å². The number of ether oxygens (including phenoxy) is 1. The van der Waals surface area contributed by atoms with E-state index in [2.05, 4.69) is 63.0 Å². The molecule has 1 N–H and O–H groups in total. The summed E-state index contributed by atoms with van der Waals surface area (Å²) in [6.45, 7) is 10.9. The van der Waals surface area contributed by atoms with Crippen LogP contribution in [0.2, 0.25) is 0 Å². The number of hydrogen-bond donors (Lipinski definition) is 1. The number of nitrogens with zero attached hydrogens (tertiary/aromatic N) is 6. The van der Waals surface area contributed by atoms with Gasteiger partial charge < -0.3 is 15.0 Å². The number of aromatic nitrogens is 3. The van der Waals surface area contributed by atoms with E-state index < -0.39 is 0 Å². The molecule has 2 saturated heterocycles. The van der Waals surface area contributed by atoms with Gasteiger partial charge in [0.25, 0.3) is 0 Å². The summed E-state index contributed by atoms with van der Waals surface area (Å²) in [5.41, 5.74) is 5.14. The van der Waals surface area contributed by atoms with Gasteiger partial charge in [-0.3, -0.25) is 14.6 Å². The van der Waals surface area contributed by atoms with Crippen LogP contribution in [0.15, 0.2) is 36.7 Å². The molecule has 0 unspecified atom stereocenters. The van der Waals surface area contributed by atoms with Crippen molar-refractivity contribution in [2.24, 2.45) is 0 Å². The fourth-order valence-electron chi connectivity index (χ4n) is 5.71. The molecule has 0 radical (unpaired) electrons. The zero-order valence-electron chi connectivity index (χ0n) is 19.8. The van der Waals surface area contributed by atoms with Crippen molar-refractivity contribution in [3.05, 3.63) is 53.5 Å². The maximum Gasteiger partial charge on any atom is 0.101 e. The van der Waals surface area contributed by atoms with Crippen LogP contribution in [0, 0.1) is 11.3 Å². The summed E-state index contributed by atoms with van der Waals surface area (Å²) >= 11 is 0. The molecule has 3 aliphatic heterocycles. The standard InChI is InChI=1S/C26H31N7O/c1-17-9-28-10-20-12-33(30-25(17)20)21-13-31(14-21)15-22-16-32(11-18(2)34-22)24-6-5-19(8-27)26-23(24)4-3-7-29-26/h3-7,12,17-18,21-22,28H,9-11,13-16H2,1-2H3/t17-,18+,22-/m0/s1. The Morgan fingerprint density at radius 3 is 2.88 bits per heavy atom. The highest BCUT2D eigenvalue weighted by Crippen LogP contribution is 2.31. The van der Waals surface area contributed by atoms with Crippen molar-refractivity contribution in [3.63, 3.8) is 0 Å². The number of benzene rings is 1. The maximum atomic E-state index is 9.48. The lowest BCUT2D eigenvalue weighted by Crippen LogP contribution is -2.56. The normalized spacial score (nSPS) is 25.7. The Labute approximate surface area is 200 Å². The van der Waals surface area contributed by atoms with E-state index in [1.165, 1.54) is 11.3 Å². The van der Waals surface area contributed by atoms with Gasteiger partial charge in [-0.05, 0) is 31.2 Å². The minimum atomic E-state index is 0.141. The zero-order valence-corrected chi connectivity index (χ0v) is 19.8. The number of pyridine rings is 1. The number of anilines is 1. The van der Waals surface area contributed by atoms with Crippen LogP contribution in [0.5, 0.6) is 0 Å². The van der Waals surface area contributed by atoms with Crippen molar-refractivity contribution in [1.82, 2.24) is 25.0 Å². The molecule has 6 rings (SSSR count). The van der Waals surface area contributed by atoms with Gasteiger partial charge in [-0.2, -0.15) is 10.4 Å². The van der Waals surface area contributed by atoms with E-state index in [0.29, 0.717) is 17.5 Å². The smallest absolute Gasteiger partial charge is 0.101 e. The highest BCUT2D eigenvalue weighted by Gasteiger charge is 2.35. The van der Waals surface area contributed by atoms with E-state index in [9.17, 15) is 5.26 Å². The molecular formula is C26H31N7O. The third kappa shape index (κ3) is 3.84. The van der Waals surface area contributed by atoms with Gasteiger partial charge in [-0.1, -0.05) is 6.92 Å². The molecule has 8 nitrogen and oxygen atoms in total. The number of morpholine rings is 1. The molecule has 3 aromatic rings. The first-order valence-electron chi connectivity index (χ1n) is 12.3. The van der Waals surface area contributed by atoms with Crippen molar-refractivity contribution < 1.29 is 4.74 Å². The van der Waals surface area contributed by atoms with Crippen molar-refractivity contribution >= 4 is 16.6 Å². The van der Waals surface area contributed by atoms with Crippen LogP contribution in [-0.2, 0) is 11.3 Å². The second-order valence-electron chi connectivity index (χ2n) is 10.0. The number of fused-ring (bicyclic) bond motifs is 2. The van der Waals surface area contributed by atoms with E-state index in [-0.39, 0.29) is 12.2 Å². The second kappa shape index (κ2) is 8.66. The topological polar surface area (TPSA) is 82.2 Å². The molecule has 0 aliphatic carbocycles. The molecule has 3 aliphatic rings. The molecular weight excluding hydrogens is 426 g/mol. The van der Waals surface area contributed by atoms with E-state index >= 15 is 0 Å². The Hall–Kier alpha value is -2.99. The number of nitriles is 1. The molecule has 0 spiro atoms. The predicted octanol–water partition coefficient (Wildman–Crippen LogP) is 2.66. The number of likely N-dealkylation sites (tertiary alicyclic amines) is 1. The van der Waals surface area contributed by atoms with Crippen LogP contribution in [0.4, 0.5) is 5.69 Å². The van der Waals surface area contributed by atoms with Crippen LogP contribution in [0.3, 0.4) is 0 Å². The Morgan fingerprint density at radius 1 is 1.18 bits per heavy atom. The summed E-state index contributed by atoms with van der Waals surface area (Å²) in [6.07, 6.45) is 4.28. The third-order valence-electron chi connectivity index (χ3n) is 7.38. The van der Waals surface area contributed by atoms with Gasteiger partial charge in [-0.15, -0.1) is 0 Å². The molecule has 1 aromatic carbocycles. The predicted molar refractivity (Wildman–Crippen MR) is 131 cm³/mol. The first-order chi connectivity index (χ1) is 16.6. The van der Waals surface area contributed by atoms with E-state index in [1.807, 2.05) is 12.1 Å². The van der Waals surface area contributed by atoms with Crippen molar-refractivity contribution in [2.45, 2.75) is 44.6 Å². The fraction of sp³-hybridized carbons (Fsp3) is 0.500. The summed E-state index contributed by atoms with van der Waals surface area (Å²) in [5, 5.41) is 18.9. The molecule has 8 heteroatoms. The lowest BCUT2D eigenvalue weighted by Gasteiger charge is -2.44. The second-order valence-corrected chi connectivity index (χ2v) is 10.0. The molecule has 2 fully saturated rings. The summed E-state index contributed by atoms with van der Waals surface area (Å²) < 4.78 is 8.53. The van der Waals surface area contributed by atoms with Gasteiger partial charge >= 0.3 is 0 Å². The van der Waals surface area contributed by atoms with E-state index in [1.54, 1.807) is 6.20 Å². The van der Waals surface area contributed by atoms with Gasteiger partial charge in [0, 0.05) is 80.8 Å². The first-order valence-corrected chi connectivity index (χ1v) is 12.3. The van der Waals surface area contributed by atoms with Gasteiger partial charge in [0.1, 0.15) is 6.07 Å². The van der Waals surface area contributed by atoms with Crippen molar-refractivity contribution in [3.8, 4) is 6.07 Å². The molecule has 0 bridgehead atoms. The van der Waals surface area contributed by atoms with Gasteiger partial charge in [0.05, 0.1) is 35.0 Å². The minimum Gasteiger partial charge on any atom is -0.370 e. The SMILES string of the molecule is C[C@@H]1CN(c2ccc(C#N)c3ncccc23)C[C@H](CN2CC(n3cc4c(n3)[C@@H](C)CNC4)C2)O1. The highest BCUT2D eigenvalue weighted by molar-refractivity contribution is 5.95. The number of hydrogen-bond acceptors (Lipinski definition) is 7. The molecule has 2 aromatic heterocycles. The molecule has 5 heterocycles. The van der Waals surface area contributed by atoms with Crippen molar-refractivity contribution in [2.75, 3.05) is 44.2 Å². The Morgan fingerprint density at radius 2 is 2.06 bits per heavy atom. The lowest BCUT2D eigenvalue weighted by atomic mass is 10.0. The van der Waals surface area contributed by atoms with E-state index in [0.717, 1.165) is 62.4 Å². The molecule has 0 saturated carbocycles. The Kier molecular flexibility index (Phi) is 5.48. The average molecular weight is 458 g/mol. The van der Waals surface area contributed by atoms with Gasteiger partial charge in [0.2, 0.25) is 0 Å².